The van der Waals surface area contributed by atoms with Gasteiger partial charge in [-0.25, -0.2) is 0 Å². The van der Waals surface area contributed by atoms with Gasteiger partial charge < -0.3 is 24.6 Å². The predicted octanol–water partition coefficient (Wildman–Crippen LogP) is 4.97. The second kappa shape index (κ2) is 13.1. The molecule has 0 bridgehead atoms. The van der Waals surface area contributed by atoms with Gasteiger partial charge in [0.2, 0.25) is 5.95 Å². The van der Waals surface area contributed by atoms with Crippen molar-refractivity contribution in [3.8, 4) is 11.5 Å². The number of ether oxygens (including phenoxy) is 2. The Morgan fingerprint density at radius 3 is 2.33 bits per heavy atom. The van der Waals surface area contributed by atoms with Gasteiger partial charge in [-0.1, -0.05) is 25.4 Å². The molecule has 0 atom stereocenters. The van der Waals surface area contributed by atoms with Gasteiger partial charge in [0.05, 0.1) is 19.1 Å². The van der Waals surface area contributed by atoms with Crippen LogP contribution in [0, 0.1) is 0 Å². The van der Waals surface area contributed by atoms with E-state index in [9.17, 15) is 0 Å². The monoisotopic (exact) mass is 519 g/mol. The summed E-state index contributed by atoms with van der Waals surface area (Å²) in [5, 5.41) is 3.85. The molecule has 1 N–H and O–H groups in total. The van der Waals surface area contributed by atoms with Crippen molar-refractivity contribution in [1.82, 2.24) is 14.9 Å². The molecule has 0 unspecified atom stereocenters. The van der Waals surface area contributed by atoms with E-state index >= 15 is 0 Å². The molecule has 1 heterocycles. The van der Waals surface area contributed by atoms with E-state index in [1.54, 1.807) is 14.2 Å². The summed E-state index contributed by atoms with van der Waals surface area (Å²) in [5.74, 6) is 2.55. The van der Waals surface area contributed by atoms with Crippen molar-refractivity contribution >= 4 is 57.8 Å². The number of rotatable bonds is 11. The van der Waals surface area contributed by atoms with Gasteiger partial charge in [-0.2, -0.15) is 9.97 Å². The van der Waals surface area contributed by atoms with E-state index in [4.69, 9.17) is 26.1 Å². The second-order valence-electron chi connectivity index (χ2n) is 6.25. The molecule has 0 aliphatic heterocycles. The lowest BCUT2D eigenvalue weighted by molar-refractivity contribution is 0.316. The first-order valence-corrected chi connectivity index (χ1v) is 11.1. The third-order valence-electron chi connectivity index (χ3n) is 4.69. The molecule has 0 amide bonds. The normalized spacial score (nSPS) is 10.5. The number of halogens is 2. The molecule has 0 radical (unpaired) electrons. The fraction of sp³-hybridized carbons (Fsp3) is 0.500. The number of likely N-dealkylation sites (N-methyl/N-ethyl adjacent to an activating group) is 1. The Balaban J connectivity index is 0.00000450. The highest BCUT2D eigenvalue weighted by atomic mass is 79.9. The van der Waals surface area contributed by atoms with Crippen LogP contribution in [0.2, 0.25) is 5.15 Å². The number of anilines is 3. The molecule has 1 aromatic carbocycles. The van der Waals surface area contributed by atoms with Gasteiger partial charge in [-0.05, 0) is 31.5 Å². The van der Waals surface area contributed by atoms with Gasteiger partial charge in [-0.15, -0.1) is 28.7 Å². The quantitative estimate of drug-likeness (QED) is 0.329. The van der Waals surface area contributed by atoms with Crippen LogP contribution in [0.3, 0.4) is 0 Å². The molecule has 0 aliphatic rings. The van der Waals surface area contributed by atoms with Crippen molar-refractivity contribution in [3.63, 3.8) is 0 Å². The van der Waals surface area contributed by atoms with Crippen LogP contribution >= 0.6 is 40.3 Å². The number of aromatic nitrogens is 2. The van der Waals surface area contributed by atoms with Crippen molar-refractivity contribution in [2.45, 2.75) is 18.7 Å². The first-order valence-electron chi connectivity index (χ1n) is 9.52. The topological polar surface area (TPSA) is 62.8 Å². The van der Waals surface area contributed by atoms with Crippen molar-refractivity contribution in [3.05, 3.63) is 23.4 Å². The van der Waals surface area contributed by atoms with Gasteiger partial charge >= 0.3 is 0 Å². The van der Waals surface area contributed by atoms with Gasteiger partial charge in [-0.3, -0.25) is 0 Å². The van der Waals surface area contributed by atoms with Gasteiger partial charge in [0, 0.05) is 31.9 Å². The van der Waals surface area contributed by atoms with E-state index in [0.29, 0.717) is 22.6 Å². The van der Waals surface area contributed by atoms with E-state index in [0.717, 1.165) is 42.6 Å². The number of hydrogen-bond acceptors (Lipinski definition) is 8. The zero-order chi connectivity index (χ0) is 21.4. The highest BCUT2D eigenvalue weighted by Crippen LogP contribution is 2.36. The summed E-state index contributed by atoms with van der Waals surface area (Å²) in [6.07, 6.45) is 1.97. The zero-order valence-corrected chi connectivity index (χ0v) is 21.6. The molecule has 0 spiro atoms. The molecule has 0 aliphatic carbocycles. The molecule has 2 rings (SSSR count). The van der Waals surface area contributed by atoms with Crippen LogP contribution in [0.15, 0.2) is 23.1 Å². The molecular formula is C20H31BrClN5O2S. The maximum atomic E-state index is 6.47. The van der Waals surface area contributed by atoms with Crippen molar-refractivity contribution in [2.75, 3.05) is 63.9 Å². The SMILES string of the molecule is Br.CCN(CC)CCNc1nc(N(C)c2ccc(OC)c(OC)c2)nc(Cl)c1SC. The number of hydrogen-bond donors (Lipinski definition) is 1. The number of thioether (sulfide) groups is 1. The summed E-state index contributed by atoms with van der Waals surface area (Å²) in [6, 6.07) is 5.66. The minimum atomic E-state index is 0. The van der Waals surface area contributed by atoms with Gasteiger partial charge in [0.25, 0.3) is 0 Å². The van der Waals surface area contributed by atoms with Crippen LogP contribution in [0.4, 0.5) is 17.5 Å². The Labute approximate surface area is 199 Å². The summed E-state index contributed by atoms with van der Waals surface area (Å²) in [4.78, 5) is 14.3. The van der Waals surface area contributed by atoms with E-state index in [1.165, 1.54) is 11.8 Å². The average Bonchev–Trinajstić information content (AvgIpc) is 2.75. The first kappa shape index (κ1) is 26.6. The molecule has 10 heteroatoms. The fourth-order valence-corrected chi connectivity index (χ4v) is 3.81. The van der Waals surface area contributed by atoms with Gasteiger partial charge in [0.15, 0.2) is 11.5 Å². The smallest absolute Gasteiger partial charge is 0.233 e. The van der Waals surface area contributed by atoms with E-state index < -0.39 is 0 Å². The molecular weight excluding hydrogens is 490 g/mol. The number of methoxy groups -OCH3 is 2. The third-order valence-corrected chi connectivity index (χ3v) is 5.87. The number of benzene rings is 1. The Morgan fingerprint density at radius 2 is 1.77 bits per heavy atom. The highest BCUT2D eigenvalue weighted by molar-refractivity contribution is 8.93. The number of nitrogens with zero attached hydrogens (tertiary/aromatic N) is 4. The van der Waals surface area contributed by atoms with Crippen molar-refractivity contribution in [2.24, 2.45) is 0 Å². The van der Waals surface area contributed by atoms with Gasteiger partial charge in [0.1, 0.15) is 11.0 Å². The third kappa shape index (κ3) is 6.54. The summed E-state index contributed by atoms with van der Waals surface area (Å²) >= 11 is 8.01. The Hall–Kier alpha value is -1.42. The molecule has 0 fully saturated rings. The maximum Gasteiger partial charge on any atom is 0.233 e. The molecule has 0 saturated carbocycles. The lowest BCUT2D eigenvalue weighted by atomic mass is 10.2. The predicted molar refractivity (Wildman–Crippen MR) is 133 cm³/mol. The van der Waals surface area contributed by atoms with Crippen LogP contribution in [0.25, 0.3) is 0 Å². The Bertz CT molecular complexity index is 811. The van der Waals surface area contributed by atoms with Crippen molar-refractivity contribution < 1.29 is 9.47 Å². The van der Waals surface area contributed by atoms with Crippen LogP contribution < -0.4 is 19.7 Å². The van der Waals surface area contributed by atoms with E-state index in [-0.39, 0.29) is 17.0 Å². The lowest BCUT2D eigenvalue weighted by Crippen LogP contribution is -2.29. The summed E-state index contributed by atoms with van der Waals surface area (Å²) in [6.45, 7) is 8.07. The summed E-state index contributed by atoms with van der Waals surface area (Å²) in [5.41, 5.74) is 0.865. The minimum Gasteiger partial charge on any atom is -0.493 e. The molecule has 7 nitrogen and oxygen atoms in total. The second-order valence-corrected chi connectivity index (χ2v) is 7.42. The molecule has 168 valence electrons. The fourth-order valence-electron chi connectivity index (χ4n) is 2.88. The molecule has 0 saturated heterocycles. The highest BCUT2D eigenvalue weighted by Gasteiger charge is 2.17. The number of nitrogens with one attached hydrogen (secondary N) is 1. The molecule has 1 aromatic heterocycles. The van der Waals surface area contributed by atoms with Crippen LogP contribution in [-0.2, 0) is 0 Å². The molecule has 2 aromatic rings. The van der Waals surface area contributed by atoms with Crippen molar-refractivity contribution in [1.29, 1.82) is 0 Å². The standard InChI is InChI=1S/C20H30ClN5O2S.BrH/c1-7-26(8-2)12-11-22-19-17(29-6)18(21)23-20(24-19)25(3)14-9-10-15(27-4)16(13-14)28-5;/h9-10,13H,7-8,11-12H2,1-6H3,(H,22,23,24);1H. The maximum absolute atomic E-state index is 6.47. The van der Waals surface area contributed by atoms with Crippen LogP contribution in [0.5, 0.6) is 11.5 Å². The van der Waals surface area contributed by atoms with Crippen LogP contribution in [0.1, 0.15) is 13.8 Å². The largest absolute Gasteiger partial charge is 0.493 e. The summed E-state index contributed by atoms with van der Waals surface area (Å²) in [7, 11) is 5.12. The minimum absolute atomic E-state index is 0. The lowest BCUT2D eigenvalue weighted by Gasteiger charge is -2.22. The molecule has 30 heavy (non-hydrogen) atoms. The summed E-state index contributed by atoms with van der Waals surface area (Å²) < 4.78 is 10.7. The average molecular weight is 521 g/mol. The Kier molecular flexibility index (Phi) is 11.6. The van der Waals surface area contributed by atoms with E-state index in [1.807, 2.05) is 36.4 Å². The van der Waals surface area contributed by atoms with E-state index in [2.05, 4.69) is 29.0 Å². The Morgan fingerprint density at radius 1 is 1.10 bits per heavy atom. The first-order chi connectivity index (χ1) is 14.0. The zero-order valence-electron chi connectivity index (χ0n) is 18.4. The van der Waals surface area contributed by atoms with Crippen LogP contribution in [-0.4, -0.2) is 68.6 Å².